The number of amides is 1. The van der Waals surface area contributed by atoms with Gasteiger partial charge in [0.05, 0.1) is 23.4 Å². The maximum atomic E-state index is 13.8. The summed E-state index contributed by atoms with van der Waals surface area (Å²) in [5.41, 5.74) is 5.74. The first-order chi connectivity index (χ1) is 20.0. The van der Waals surface area contributed by atoms with Crippen LogP contribution in [0, 0.1) is 0 Å². The van der Waals surface area contributed by atoms with Crippen LogP contribution < -0.4 is 14.4 Å². The number of rotatable bonds is 9. The molecule has 0 N–H and O–H groups in total. The van der Waals surface area contributed by atoms with Crippen LogP contribution in [0.2, 0.25) is 5.02 Å². The maximum absolute atomic E-state index is 13.8. The predicted octanol–water partition coefficient (Wildman–Crippen LogP) is 8.86. The number of carbonyl (C=O) groups excluding carboxylic acids is 1. The molecular weight excluding hydrogens is 552 g/mol. The van der Waals surface area contributed by atoms with Crippen LogP contribution in [0.4, 0.5) is 11.4 Å². The highest BCUT2D eigenvalue weighted by Crippen LogP contribution is 2.38. The Morgan fingerprint density at radius 3 is 2.22 bits per heavy atom. The number of hydrogen-bond acceptors (Lipinski definition) is 5. The van der Waals surface area contributed by atoms with Gasteiger partial charge in [0.2, 0.25) is 0 Å². The second kappa shape index (κ2) is 13.1. The van der Waals surface area contributed by atoms with Crippen molar-refractivity contribution in [1.82, 2.24) is 0 Å². The number of thioether (sulfide) groups is 1. The first kappa shape index (κ1) is 28.5. The molecule has 4 aromatic carbocycles. The number of ether oxygens (including phenoxy) is 2. The van der Waals surface area contributed by atoms with E-state index in [1.165, 1.54) is 22.9 Å². The lowest BCUT2D eigenvalue weighted by Gasteiger charge is -2.16. The fourth-order valence-corrected chi connectivity index (χ4v) is 5.58. The van der Waals surface area contributed by atoms with Crippen LogP contribution in [0.25, 0.3) is 6.08 Å². The van der Waals surface area contributed by atoms with E-state index in [4.69, 9.17) is 26.1 Å². The molecule has 1 aliphatic heterocycles. The molecule has 41 heavy (non-hydrogen) atoms. The van der Waals surface area contributed by atoms with E-state index in [1.807, 2.05) is 72.8 Å². The molecule has 0 saturated carbocycles. The number of nitrogens with zero attached hydrogens (tertiary/aromatic N) is 2. The Kier molecular flexibility index (Phi) is 9.12. The number of halogens is 1. The summed E-state index contributed by atoms with van der Waals surface area (Å²) in [4.78, 5) is 20.9. The Balaban J connectivity index is 1.44. The number of amidine groups is 1. The molecule has 5 nitrogen and oxygen atoms in total. The van der Waals surface area contributed by atoms with Crippen molar-refractivity contribution in [1.29, 1.82) is 0 Å². The Morgan fingerprint density at radius 1 is 0.878 bits per heavy atom. The zero-order valence-electron chi connectivity index (χ0n) is 23.3. The van der Waals surface area contributed by atoms with Gasteiger partial charge in [0.25, 0.3) is 5.91 Å². The van der Waals surface area contributed by atoms with Crippen molar-refractivity contribution in [3.05, 3.63) is 123 Å². The Labute approximate surface area is 250 Å². The van der Waals surface area contributed by atoms with E-state index in [1.54, 1.807) is 12.0 Å². The SMILES string of the molecule is CCc1ccc(N=C2S/C(=C\c3ccc(OCc4ccccc4Cl)c(OC)c3)C(=O)N2c2ccc(CC)cc2)cc1. The fourth-order valence-electron chi connectivity index (χ4n) is 4.39. The first-order valence-corrected chi connectivity index (χ1v) is 14.7. The van der Waals surface area contributed by atoms with Crippen molar-refractivity contribution in [2.45, 2.75) is 33.3 Å². The predicted molar refractivity (Wildman–Crippen MR) is 171 cm³/mol. The zero-order chi connectivity index (χ0) is 28.8. The lowest BCUT2D eigenvalue weighted by molar-refractivity contribution is -0.113. The van der Waals surface area contributed by atoms with Gasteiger partial charge in [0.15, 0.2) is 16.7 Å². The summed E-state index contributed by atoms with van der Waals surface area (Å²) >= 11 is 7.64. The average Bonchev–Trinajstić information content (AvgIpc) is 3.31. The fraction of sp³-hybridized carbons (Fsp3) is 0.176. The van der Waals surface area contributed by atoms with Crippen molar-refractivity contribution in [3.8, 4) is 11.5 Å². The monoisotopic (exact) mass is 582 g/mol. The van der Waals surface area contributed by atoms with Gasteiger partial charge in [0.1, 0.15) is 6.61 Å². The summed E-state index contributed by atoms with van der Waals surface area (Å²) in [6, 6.07) is 29.4. The van der Waals surface area contributed by atoms with Crippen molar-refractivity contribution in [2.75, 3.05) is 12.0 Å². The second-order valence-corrected chi connectivity index (χ2v) is 10.9. The molecule has 1 heterocycles. The molecule has 5 rings (SSSR count). The van der Waals surface area contributed by atoms with Crippen LogP contribution >= 0.6 is 23.4 Å². The van der Waals surface area contributed by atoms with E-state index < -0.39 is 0 Å². The number of methoxy groups -OCH3 is 1. The van der Waals surface area contributed by atoms with E-state index in [2.05, 4.69) is 38.1 Å². The molecule has 0 unspecified atom stereocenters. The van der Waals surface area contributed by atoms with Gasteiger partial charge in [-0.2, -0.15) is 0 Å². The normalized spacial score (nSPS) is 15.1. The van der Waals surface area contributed by atoms with Crippen molar-refractivity contribution in [3.63, 3.8) is 0 Å². The number of hydrogen-bond donors (Lipinski definition) is 0. The third-order valence-electron chi connectivity index (χ3n) is 6.80. The van der Waals surface area contributed by atoms with Gasteiger partial charge in [0, 0.05) is 10.6 Å². The first-order valence-electron chi connectivity index (χ1n) is 13.5. The Bertz CT molecular complexity index is 1600. The number of anilines is 1. The van der Waals surface area contributed by atoms with E-state index in [0.29, 0.717) is 33.2 Å². The molecule has 0 aromatic heterocycles. The van der Waals surface area contributed by atoms with Crippen LogP contribution in [0.3, 0.4) is 0 Å². The molecular formula is C34H31ClN2O3S. The van der Waals surface area contributed by atoms with Crippen LogP contribution in [0.15, 0.2) is 101 Å². The average molecular weight is 583 g/mol. The molecule has 0 atom stereocenters. The number of benzene rings is 4. The van der Waals surface area contributed by atoms with E-state index in [9.17, 15) is 4.79 Å². The van der Waals surface area contributed by atoms with Gasteiger partial charge in [-0.05, 0) is 89.8 Å². The topological polar surface area (TPSA) is 51.1 Å². The third-order valence-corrected chi connectivity index (χ3v) is 8.14. The summed E-state index contributed by atoms with van der Waals surface area (Å²) in [5, 5.41) is 1.26. The van der Waals surface area contributed by atoms with Gasteiger partial charge in [-0.3, -0.25) is 9.69 Å². The van der Waals surface area contributed by atoms with E-state index in [0.717, 1.165) is 35.3 Å². The van der Waals surface area contributed by atoms with Gasteiger partial charge in [-0.1, -0.05) is 74.0 Å². The largest absolute Gasteiger partial charge is 0.493 e. The molecule has 1 amide bonds. The minimum absolute atomic E-state index is 0.124. The highest BCUT2D eigenvalue weighted by Gasteiger charge is 2.34. The smallest absolute Gasteiger partial charge is 0.271 e. The summed E-state index contributed by atoms with van der Waals surface area (Å²) in [6.45, 7) is 4.55. The highest BCUT2D eigenvalue weighted by molar-refractivity contribution is 8.19. The molecule has 0 aliphatic carbocycles. The molecule has 4 aromatic rings. The maximum Gasteiger partial charge on any atom is 0.271 e. The molecule has 1 saturated heterocycles. The van der Waals surface area contributed by atoms with Crippen molar-refractivity contribution < 1.29 is 14.3 Å². The van der Waals surface area contributed by atoms with Gasteiger partial charge in [-0.25, -0.2) is 4.99 Å². The quantitative estimate of drug-likeness (QED) is 0.185. The van der Waals surface area contributed by atoms with Gasteiger partial charge >= 0.3 is 0 Å². The molecule has 1 fully saturated rings. The van der Waals surface area contributed by atoms with Crippen molar-refractivity contribution in [2.24, 2.45) is 4.99 Å². The Hall–Kier alpha value is -4.00. The summed E-state index contributed by atoms with van der Waals surface area (Å²) in [5.74, 6) is 1.04. The number of aliphatic imine (C=N–C) groups is 1. The molecule has 1 aliphatic rings. The molecule has 0 bridgehead atoms. The standard InChI is InChI=1S/C34H31ClN2O3S/c1-4-23-10-15-27(16-11-23)36-34-37(28-17-12-24(5-2)13-18-28)33(38)32(41-34)21-25-14-19-30(31(20-25)39-3)40-22-26-8-6-7-9-29(26)35/h6-21H,4-5,22H2,1-3H3/b32-21-,36-34?. The van der Waals surface area contributed by atoms with Crippen molar-refractivity contribution >= 4 is 51.9 Å². The number of carbonyl (C=O) groups is 1. The second-order valence-electron chi connectivity index (χ2n) is 9.48. The van der Waals surface area contributed by atoms with Crippen LogP contribution in [-0.4, -0.2) is 18.2 Å². The lowest BCUT2D eigenvalue weighted by Crippen LogP contribution is -2.28. The lowest BCUT2D eigenvalue weighted by atomic mass is 10.1. The number of aryl methyl sites for hydroxylation is 2. The molecule has 7 heteroatoms. The summed E-state index contributed by atoms with van der Waals surface area (Å²) in [7, 11) is 1.60. The summed E-state index contributed by atoms with van der Waals surface area (Å²) < 4.78 is 11.6. The highest BCUT2D eigenvalue weighted by atomic mass is 35.5. The van der Waals surface area contributed by atoms with Gasteiger partial charge < -0.3 is 9.47 Å². The summed E-state index contributed by atoms with van der Waals surface area (Å²) in [6.07, 6.45) is 3.75. The van der Waals surface area contributed by atoms with E-state index >= 15 is 0 Å². The van der Waals surface area contributed by atoms with Gasteiger partial charge in [-0.15, -0.1) is 0 Å². The third kappa shape index (κ3) is 6.67. The minimum Gasteiger partial charge on any atom is -0.493 e. The molecule has 208 valence electrons. The van der Waals surface area contributed by atoms with E-state index in [-0.39, 0.29) is 5.91 Å². The Morgan fingerprint density at radius 2 is 1.56 bits per heavy atom. The molecule has 0 radical (unpaired) electrons. The minimum atomic E-state index is -0.124. The zero-order valence-corrected chi connectivity index (χ0v) is 24.8. The molecule has 0 spiro atoms. The van der Waals surface area contributed by atoms with Crippen LogP contribution in [0.1, 0.15) is 36.1 Å². The van der Waals surface area contributed by atoms with Crippen LogP contribution in [-0.2, 0) is 24.2 Å². The van der Waals surface area contributed by atoms with Crippen LogP contribution in [0.5, 0.6) is 11.5 Å².